The number of rotatable bonds is 5. The van der Waals surface area contributed by atoms with Crippen LogP contribution in [0.4, 0.5) is 11.4 Å². The van der Waals surface area contributed by atoms with Crippen LogP contribution in [0, 0.1) is 23.0 Å². The lowest BCUT2D eigenvalue weighted by molar-refractivity contribution is -0.384. The summed E-state index contributed by atoms with van der Waals surface area (Å²) in [4.78, 5) is 42.2. The summed E-state index contributed by atoms with van der Waals surface area (Å²) >= 11 is 0. The van der Waals surface area contributed by atoms with Crippen molar-refractivity contribution >= 4 is 23.1 Å². The van der Waals surface area contributed by atoms with E-state index < -0.39 is 16.4 Å². The standard InChI is InChI=1S/C30H29N3O4/c1-3-19-11-14-24-23(16-19)30(29(35)31-24)27(28(34)20-12-9-18(2)10-13-20)26(25-8-5-15-32(25)30)21-6-4-7-22(17-21)33(36)37/h4,6-7,9-14,16-17,25-27H,3,5,8,15H2,1-2H3,(H,31,35)/t25?,26?,27?,30-/m1/s1. The zero-order chi connectivity index (χ0) is 25.9. The van der Waals surface area contributed by atoms with Gasteiger partial charge >= 0.3 is 0 Å². The molecule has 3 heterocycles. The van der Waals surface area contributed by atoms with Gasteiger partial charge in [-0.25, -0.2) is 0 Å². The minimum atomic E-state index is -1.17. The van der Waals surface area contributed by atoms with Crippen molar-refractivity contribution < 1.29 is 14.5 Å². The Balaban J connectivity index is 1.62. The Labute approximate surface area is 215 Å². The van der Waals surface area contributed by atoms with Crippen LogP contribution in [0.25, 0.3) is 0 Å². The Bertz CT molecular complexity index is 1430. The number of nitro benzene ring substituents is 1. The van der Waals surface area contributed by atoms with E-state index in [1.165, 1.54) is 6.07 Å². The quantitative estimate of drug-likeness (QED) is 0.292. The predicted octanol–water partition coefficient (Wildman–Crippen LogP) is 5.37. The fourth-order valence-corrected chi connectivity index (χ4v) is 6.94. The molecule has 188 valence electrons. The number of fused-ring (bicyclic) bond motifs is 4. The smallest absolute Gasteiger partial charge is 0.269 e. The molecule has 4 atom stereocenters. The number of hydrogen-bond acceptors (Lipinski definition) is 5. The lowest BCUT2D eigenvalue weighted by atomic mass is 9.68. The normalized spacial score (nSPS) is 26.2. The lowest BCUT2D eigenvalue weighted by Gasteiger charge is -2.37. The highest BCUT2D eigenvalue weighted by molar-refractivity contribution is 6.12. The molecule has 3 aliphatic rings. The molecule has 0 aliphatic carbocycles. The number of aryl methyl sites for hydroxylation is 2. The zero-order valence-electron chi connectivity index (χ0n) is 20.9. The maximum atomic E-state index is 14.5. The largest absolute Gasteiger partial charge is 0.324 e. The molecule has 3 aromatic carbocycles. The fourth-order valence-electron chi connectivity index (χ4n) is 6.94. The summed E-state index contributed by atoms with van der Waals surface area (Å²) in [5.74, 6) is -1.37. The molecular weight excluding hydrogens is 466 g/mol. The molecule has 6 rings (SSSR count). The van der Waals surface area contributed by atoms with Crippen LogP contribution < -0.4 is 5.32 Å². The van der Waals surface area contributed by atoms with E-state index in [-0.39, 0.29) is 29.3 Å². The summed E-state index contributed by atoms with van der Waals surface area (Å²) < 4.78 is 0. The summed E-state index contributed by atoms with van der Waals surface area (Å²) in [5.41, 5.74) is 3.86. The van der Waals surface area contributed by atoms with Gasteiger partial charge in [-0.2, -0.15) is 0 Å². The van der Waals surface area contributed by atoms with Crippen molar-refractivity contribution in [3.05, 3.63) is 105 Å². The Hall–Kier alpha value is -3.84. The molecule has 7 heteroatoms. The van der Waals surface area contributed by atoms with Crippen LogP contribution >= 0.6 is 0 Å². The van der Waals surface area contributed by atoms with E-state index in [0.717, 1.165) is 47.2 Å². The molecule has 3 aromatic rings. The summed E-state index contributed by atoms with van der Waals surface area (Å²) in [6.45, 7) is 4.74. The van der Waals surface area contributed by atoms with Crippen molar-refractivity contribution in [3.63, 3.8) is 0 Å². The average Bonchev–Trinajstić information content (AvgIpc) is 3.57. The topological polar surface area (TPSA) is 92.5 Å². The highest BCUT2D eigenvalue weighted by Crippen LogP contribution is 2.61. The first-order valence-corrected chi connectivity index (χ1v) is 12.9. The molecule has 2 saturated heterocycles. The molecule has 0 saturated carbocycles. The molecule has 0 aromatic heterocycles. The second-order valence-electron chi connectivity index (χ2n) is 10.4. The molecular formula is C30H29N3O4. The fraction of sp³-hybridized carbons (Fsp3) is 0.333. The van der Waals surface area contributed by atoms with E-state index in [1.54, 1.807) is 12.1 Å². The molecule has 2 fully saturated rings. The number of ketones is 1. The molecule has 0 radical (unpaired) electrons. The first-order valence-electron chi connectivity index (χ1n) is 12.9. The van der Waals surface area contributed by atoms with Gasteiger partial charge in [-0.3, -0.25) is 24.6 Å². The minimum absolute atomic E-state index is 0.00549. The third-order valence-corrected chi connectivity index (χ3v) is 8.56. The molecule has 1 spiro atoms. The molecule has 1 N–H and O–H groups in total. The van der Waals surface area contributed by atoms with E-state index in [1.807, 2.05) is 49.4 Å². The van der Waals surface area contributed by atoms with Crippen molar-refractivity contribution in [2.75, 3.05) is 11.9 Å². The Morgan fingerprint density at radius 1 is 1.14 bits per heavy atom. The van der Waals surface area contributed by atoms with Gasteiger partial charge in [-0.05, 0) is 49.9 Å². The average molecular weight is 496 g/mol. The summed E-state index contributed by atoms with van der Waals surface area (Å²) in [6, 6.07) is 20.1. The summed E-state index contributed by atoms with van der Waals surface area (Å²) in [5, 5.41) is 14.8. The number of carbonyl (C=O) groups excluding carboxylic acids is 2. The molecule has 3 unspecified atom stereocenters. The van der Waals surface area contributed by atoms with Crippen LogP contribution in [-0.4, -0.2) is 34.1 Å². The number of nitro groups is 1. The van der Waals surface area contributed by atoms with Gasteiger partial charge in [0.2, 0.25) is 5.91 Å². The molecule has 0 bridgehead atoms. The van der Waals surface area contributed by atoms with Gasteiger partial charge in [0.05, 0.1) is 10.8 Å². The molecule has 7 nitrogen and oxygen atoms in total. The number of non-ortho nitro benzene ring substituents is 1. The van der Waals surface area contributed by atoms with Gasteiger partial charge in [0, 0.05) is 40.9 Å². The van der Waals surface area contributed by atoms with E-state index in [9.17, 15) is 19.7 Å². The van der Waals surface area contributed by atoms with Crippen molar-refractivity contribution in [1.29, 1.82) is 0 Å². The number of benzene rings is 3. The third-order valence-electron chi connectivity index (χ3n) is 8.56. The number of anilines is 1. The maximum Gasteiger partial charge on any atom is 0.269 e. The number of carbonyl (C=O) groups is 2. The van der Waals surface area contributed by atoms with E-state index in [0.29, 0.717) is 12.1 Å². The number of amides is 1. The summed E-state index contributed by atoms with van der Waals surface area (Å²) in [6.07, 6.45) is 2.54. The number of Topliss-reactive ketones (excluding diaryl/α,β-unsaturated/α-hetero) is 1. The van der Waals surface area contributed by atoms with Crippen LogP contribution in [0.1, 0.15) is 58.3 Å². The maximum absolute atomic E-state index is 14.5. The van der Waals surface area contributed by atoms with Crippen molar-refractivity contribution in [2.24, 2.45) is 5.92 Å². The van der Waals surface area contributed by atoms with Crippen LogP contribution in [0.3, 0.4) is 0 Å². The SMILES string of the molecule is CCc1ccc2c(c1)[C@]1(C(=O)N2)C(C(=O)c2ccc(C)cc2)C(c2cccc([N+](=O)[O-])c2)C2CCCN21. The third kappa shape index (κ3) is 3.37. The molecule has 3 aliphatic heterocycles. The van der Waals surface area contributed by atoms with Crippen LogP contribution in [0.2, 0.25) is 0 Å². The highest BCUT2D eigenvalue weighted by Gasteiger charge is 2.69. The van der Waals surface area contributed by atoms with Gasteiger partial charge in [0.25, 0.3) is 5.69 Å². The second-order valence-corrected chi connectivity index (χ2v) is 10.4. The Morgan fingerprint density at radius 3 is 2.65 bits per heavy atom. The van der Waals surface area contributed by atoms with Crippen molar-refractivity contribution in [3.8, 4) is 0 Å². The highest BCUT2D eigenvalue weighted by atomic mass is 16.6. The van der Waals surface area contributed by atoms with Crippen LogP contribution in [0.15, 0.2) is 66.7 Å². The van der Waals surface area contributed by atoms with Crippen molar-refractivity contribution in [2.45, 2.75) is 50.6 Å². The monoisotopic (exact) mass is 495 g/mol. The van der Waals surface area contributed by atoms with Gasteiger partial charge in [0.1, 0.15) is 5.54 Å². The first-order chi connectivity index (χ1) is 17.9. The van der Waals surface area contributed by atoms with Gasteiger partial charge in [-0.15, -0.1) is 0 Å². The zero-order valence-corrected chi connectivity index (χ0v) is 20.9. The van der Waals surface area contributed by atoms with Crippen LogP contribution in [-0.2, 0) is 16.8 Å². The van der Waals surface area contributed by atoms with Gasteiger partial charge < -0.3 is 5.32 Å². The Kier molecular flexibility index (Phi) is 5.49. The minimum Gasteiger partial charge on any atom is -0.324 e. The number of hydrogen-bond donors (Lipinski definition) is 1. The summed E-state index contributed by atoms with van der Waals surface area (Å²) in [7, 11) is 0. The predicted molar refractivity (Wildman–Crippen MR) is 141 cm³/mol. The number of nitrogens with zero attached hydrogens (tertiary/aromatic N) is 2. The Morgan fingerprint density at radius 2 is 1.92 bits per heavy atom. The van der Waals surface area contributed by atoms with E-state index >= 15 is 0 Å². The first kappa shape index (κ1) is 23.6. The van der Waals surface area contributed by atoms with Gasteiger partial charge in [-0.1, -0.05) is 61.0 Å². The number of nitrogens with one attached hydrogen (secondary N) is 1. The second kappa shape index (κ2) is 8.63. The lowest BCUT2D eigenvalue weighted by Crippen LogP contribution is -2.52. The van der Waals surface area contributed by atoms with E-state index in [4.69, 9.17) is 0 Å². The van der Waals surface area contributed by atoms with Crippen LogP contribution in [0.5, 0.6) is 0 Å². The van der Waals surface area contributed by atoms with Gasteiger partial charge in [0.15, 0.2) is 5.78 Å². The van der Waals surface area contributed by atoms with E-state index in [2.05, 4.69) is 23.2 Å². The molecule has 1 amide bonds. The van der Waals surface area contributed by atoms with Crippen molar-refractivity contribution in [1.82, 2.24) is 4.90 Å². The molecule has 37 heavy (non-hydrogen) atoms.